The van der Waals surface area contributed by atoms with Crippen LogP contribution in [0, 0.1) is 0 Å². The summed E-state index contributed by atoms with van der Waals surface area (Å²) < 4.78 is 0. The monoisotopic (exact) mass is 163 g/mol. The maximum Gasteiger partial charge on any atom is 0.154 e. The molecule has 1 atom stereocenters. The lowest BCUT2D eigenvalue weighted by atomic mass is 10.1. The van der Waals surface area contributed by atoms with E-state index in [0.717, 1.165) is 13.0 Å². The summed E-state index contributed by atoms with van der Waals surface area (Å²) in [6.45, 7) is 7.28. The molecular formula is C7H14ClNO. The van der Waals surface area contributed by atoms with Gasteiger partial charge in [0.15, 0.2) is 5.56 Å². The summed E-state index contributed by atoms with van der Waals surface area (Å²) in [7, 11) is 0. The average Bonchev–Trinajstić information content (AvgIpc) is 2.11. The van der Waals surface area contributed by atoms with E-state index in [2.05, 4.69) is 20.8 Å². The minimum atomic E-state index is -0.112. The molecule has 2 nitrogen and oxygen atoms in total. The first-order valence-electron chi connectivity index (χ1n) is 3.58. The van der Waals surface area contributed by atoms with E-state index >= 15 is 0 Å². The number of alkyl halides is 1. The molecule has 0 saturated carbocycles. The highest BCUT2D eigenvalue weighted by Gasteiger charge is 2.30. The molecule has 1 heterocycles. The molecule has 1 aliphatic heterocycles. The Morgan fingerprint density at radius 1 is 1.50 bits per heavy atom. The molecule has 0 bridgehead atoms. The first kappa shape index (κ1) is 8.31. The molecule has 0 aromatic heterocycles. The molecule has 10 heavy (non-hydrogen) atoms. The highest BCUT2D eigenvalue weighted by molar-refractivity contribution is 6.19. The van der Waals surface area contributed by atoms with Gasteiger partial charge in [0.1, 0.15) is 0 Å². The van der Waals surface area contributed by atoms with Crippen molar-refractivity contribution >= 4 is 11.6 Å². The first-order chi connectivity index (χ1) is 4.50. The van der Waals surface area contributed by atoms with E-state index in [1.54, 1.807) is 0 Å². The third kappa shape index (κ3) is 1.84. The van der Waals surface area contributed by atoms with Gasteiger partial charge in [-0.3, -0.25) is 4.84 Å². The van der Waals surface area contributed by atoms with Crippen LogP contribution in [0.5, 0.6) is 0 Å². The fourth-order valence-corrected chi connectivity index (χ4v) is 1.15. The molecule has 0 N–H and O–H groups in total. The van der Waals surface area contributed by atoms with Crippen molar-refractivity contribution < 1.29 is 4.84 Å². The van der Waals surface area contributed by atoms with Gasteiger partial charge in [-0.2, -0.15) is 5.06 Å². The van der Waals surface area contributed by atoms with Crippen LogP contribution >= 0.6 is 11.6 Å². The van der Waals surface area contributed by atoms with E-state index in [4.69, 9.17) is 16.4 Å². The van der Waals surface area contributed by atoms with Gasteiger partial charge in [0.05, 0.1) is 0 Å². The first-order valence-corrected chi connectivity index (χ1v) is 4.02. The molecule has 0 aliphatic carbocycles. The van der Waals surface area contributed by atoms with E-state index in [0.29, 0.717) is 0 Å². The van der Waals surface area contributed by atoms with Crippen molar-refractivity contribution in [3.05, 3.63) is 0 Å². The van der Waals surface area contributed by atoms with E-state index < -0.39 is 0 Å². The summed E-state index contributed by atoms with van der Waals surface area (Å²) in [5.74, 6) is 0. The van der Waals surface area contributed by atoms with Crippen molar-refractivity contribution in [2.24, 2.45) is 0 Å². The zero-order valence-electron chi connectivity index (χ0n) is 6.72. The van der Waals surface area contributed by atoms with Gasteiger partial charge in [0, 0.05) is 18.5 Å². The molecule has 0 amide bonds. The zero-order chi connectivity index (χ0) is 7.78. The molecular weight excluding hydrogens is 150 g/mol. The van der Waals surface area contributed by atoms with Crippen molar-refractivity contribution in [1.82, 2.24) is 5.06 Å². The maximum atomic E-state index is 5.75. The highest BCUT2D eigenvalue weighted by Crippen LogP contribution is 2.24. The van der Waals surface area contributed by atoms with Crippen LogP contribution in [0.2, 0.25) is 0 Å². The largest absolute Gasteiger partial charge is 0.279 e. The Hall–Kier alpha value is 0.210. The number of halogens is 1. The number of hydrogen-bond acceptors (Lipinski definition) is 2. The van der Waals surface area contributed by atoms with E-state index in [1.165, 1.54) is 0 Å². The van der Waals surface area contributed by atoms with Gasteiger partial charge in [-0.05, 0) is 20.8 Å². The predicted octanol–water partition coefficient (Wildman–Crippen LogP) is 1.99. The van der Waals surface area contributed by atoms with Gasteiger partial charge in [-0.1, -0.05) is 11.6 Å². The number of hydrogen-bond donors (Lipinski definition) is 0. The zero-order valence-corrected chi connectivity index (χ0v) is 7.48. The average molecular weight is 164 g/mol. The molecule has 1 rings (SSSR count). The smallest absolute Gasteiger partial charge is 0.154 e. The predicted molar refractivity (Wildman–Crippen MR) is 41.8 cm³/mol. The lowest BCUT2D eigenvalue weighted by molar-refractivity contribution is -0.176. The number of hydroxylamine groups is 2. The number of rotatable bonds is 0. The summed E-state index contributed by atoms with van der Waals surface area (Å²) >= 11 is 5.75. The van der Waals surface area contributed by atoms with Crippen molar-refractivity contribution in [3.63, 3.8) is 0 Å². The maximum absolute atomic E-state index is 5.75. The van der Waals surface area contributed by atoms with Crippen LogP contribution in [-0.4, -0.2) is 22.7 Å². The van der Waals surface area contributed by atoms with E-state index in [9.17, 15) is 0 Å². The van der Waals surface area contributed by atoms with Gasteiger partial charge in [-0.15, -0.1) is 0 Å². The highest BCUT2D eigenvalue weighted by atomic mass is 35.5. The lowest BCUT2D eigenvalue weighted by Gasteiger charge is -2.29. The second-order valence-electron chi connectivity index (χ2n) is 3.58. The third-order valence-electron chi connectivity index (χ3n) is 1.55. The van der Waals surface area contributed by atoms with Gasteiger partial charge < -0.3 is 0 Å². The van der Waals surface area contributed by atoms with Crippen LogP contribution in [0.25, 0.3) is 0 Å². The van der Waals surface area contributed by atoms with E-state index in [1.807, 2.05) is 5.06 Å². The van der Waals surface area contributed by atoms with Gasteiger partial charge in [0.25, 0.3) is 0 Å². The second-order valence-corrected chi connectivity index (χ2v) is 4.06. The second kappa shape index (κ2) is 2.68. The topological polar surface area (TPSA) is 12.5 Å². The Bertz CT molecular complexity index is 121. The Morgan fingerprint density at radius 3 is 2.30 bits per heavy atom. The number of nitrogens with zero attached hydrogens (tertiary/aromatic N) is 1. The molecule has 1 unspecified atom stereocenters. The van der Waals surface area contributed by atoms with Crippen LogP contribution in [0.1, 0.15) is 27.2 Å². The normalized spacial score (nSPS) is 29.4. The Kier molecular flexibility index (Phi) is 2.23. The van der Waals surface area contributed by atoms with Crippen LogP contribution in [0.15, 0.2) is 0 Å². The summed E-state index contributed by atoms with van der Waals surface area (Å²) in [4.78, 5) is 5.32. The molecule has 1 aliphatic rings. The minimum absolute atomic E-state index is 0.0869. The van der Waals surface area contributed by atoms with E-state index in [-0.39, 0.29) is 11.1 Å². The lowest BCUT2D eigenvalue weighted by Crippen LogP contribution is -2.38. The van der Waals surface area contributed by atoms with Crippen LogP contribution < -0.4 is 0 Å². The van der Waals surface area contributed by atoms with Crippen LogP contribution in [0.4, 0.5) is 0 Å². The van der Waals surface area contributed by atoms with Crippen molar-refractivity contribution in [3.8, 4) is 0 Å². The molecule has 0 aromatic carbocycles. The van der Waals surface area contributed by atoms with Crippen LogP contribution in [-0.2, 0) is 4.84 Å². The quantitative estimate of drug-likeness (QED) is 0.507. The molecule has 0 spiro atoms. The molecule has 0 radical (unpaired) electrons. The van der Waals surface area contributed by atoms with Crippen molar-refractivity contribution in [2.75, 3.05) is 6.54 Å². The Morgan fingerprint density at radius 2 is 2.10 bits per heavy atom. The van der Waals surface area contributed by atoms with Crippen molar-refractivity contribution in [1.29, 1.82) is 0 Å². The molecule has 0 aromatic rings. The SMILES string of the molecule is CC(C)(C)N1CCC(Cl)O1. The summed E-state index contributed by atoms with van der Waals surface area (Å²) in [5, 5.41) is 1.94. The molecule has 3 heteroatoms. The van der Waals surface area contributed by atoms with Crippen LogP contribution in [0.3, 0.4) is 0 Å². The summed E-state index contributed by atoms with van der Waals surface area (Å²) in [6.07, 6.45) is 0.929. The standard InChI is InChI=1S/C7H14ClNO/c1-7(2,3)9-5-4-6(8)10-9/h6H,4-5H2,1-3H3. The summed E-state index contributed by atoms with van der Waals surface area (Å²) in [6, 6.07) is 0. The third-order valence-corrected chi connectivity index (χ3v) is 1.85. The fourth-order valence-electron chi connectivity index (χ4n) is 0.956. The van der Waals surface area contributed by atoms with Crippen molar-refractivity contribution in [2.45, 2.75) is 38.3 Å². The Labute approximate surface area is 67.1 Å². The Balaban J connectivity index is 2.45. The molecule has 1 saturated heterocycles. The van der Waals surface area contributed by atoms with Gasteiger partial charge in [-0.25, -0.2) is 0 Å². The minimum Gasteiger partial charge on any atom is -0.279 e. The molecule has 1 fully saturated rings. The molecule has 60 valence electrons. The van der Waals surface area contributed by atoms with Gasteiger partial charge >= 0.3 is 0 Å². The fraction of sp³-hybridized carbons (Fsp3) is 1.00. The van der Waals surface area contributed by atoms with Gasteiger partial charge in [0.2, 0.25) is 0 Å². The summed E-state index contributed by atoms with van der Waals surface area (Å²) in [5.41, 5.74) is -0.0249.